The largest absolute Gasteiger partial charge is 0.494 e. The number of aromatic nitrogens is 1. The van der Waals surface area contributed by atoms with Gasteiger partial charge in [0, 0.05) is 68.0 Å². The maximum Gasteiger partial charge on any atom is 0.340 e. The van der Waals surface area contributed by atoms with Crippen molar-refractivity contribution in [1.29, 1.82) is 0 Å². The molecule has 48 heavy (non-hydrogen) atoms. The van der Waals surface area contributed by atoms with E-state index in [1.807, 2.05) is 56.3 Å². The highest BCUT2D eigenvalue weighted by molar-refractivity contribution is 6.06. The van der Waals surface area contributed by atoms with Crippen LogP contribution in [0.1, 0.15) is 41.4 Å². The summed E-state index contributed by atoms with van der Waals surface area (Å²) in [6, 6.07) is 35.1. The zero-order chi connectivity index (χ0) is 33.1. The van der Waals surface area contributed by atoms with Crippen LogP contribution in [0.3, 0.4) is 0 Å². The van der Waals surface area contributed by atoms with Gasteiger partial charge in [0.2, 0.25) is 0 Å². The summed E-state index contributed by atoms with van der Waals surface area (Å²) in [5, 5.41) is 0.876. The van der Waals surface area contributed by atoms with E-state index in [1.54, 1.807) is 0 Å². The number of carbonyl (C=O) groups is 1. The molecule has 0 atom stereocenters. The first kappa shape index (κ1) is 33.3. The Morgan fingerprint density at radius 1 is 0.729 bits per heavy atom. The standard InChI is InChI=1S/C41H47N3O4/c1-3-46-41(45)40-32(2)44(31-33-14-6-4-7-15-33)38-21-20-35(30-37(38)40)47-28-12-22-42-24-26-43(27-25-42)23-13-29-48-39-19-11-10-18-36(39)34-16-8-5-9-17-34/h4-11,14-21,30H,3,12-13,22-29,31H2,1-2H3. The van der Waals surface area contributed by atoms with Crippen LogP contribution in [0.25, 0.3) is 22.0 Å². The van der Waals surface area contributed by atoms with Crippen molar-refractivity contribution in [2.24, 2.45) is 0 Å². The second-order valence-corrected chi connectivity index (χ2v) is 12.4. The van der Waals surface area contributed by atoms with Gasteiger partial charge in [0.15, 0.2) is 0 Å². The highest BCUT2D eigenvalue weighted by Crippen LogP contribution is 2.32. The molecule has 1 aliphatic heterocycles. The van der Waals surface area contributed by atoms with Crippen LogP contribution in [-0.2, 0) is 11.3 Å². The number of piperazine rings is 1. The summed E-state index contributed by atoms with van der Waals surface area (Å²) in [4.78, 5) is 18.1. The van der Waals surface area contributed by atoms with Crippen LogP contribution >= 0.6 is 0 Å². The summed E-state index contributed by atoms with van der Waals surface area (Å²) in [6.45, 7) is 12.6. The minimum Gasteiger partial charge on any atom is -0.494 e. The summed E-state index contributed by atoms with van der Waals surface area (Å²) >= 11 is 0. The third kappa shape index (κ3) is 8.27. The summed E-state index contributed by atoms with van der Waals surface area (Å²) in [7, 11) is 0. The lowest BCUT2D eigenvalue weighted by atomic mass is 10.1. The number of esters is 1. The number of hydrogen-bond acceptors (Lipinski definition) is 6. The number of fused-ring (bicyclic) bond motifs is 1. The molecule has 1 aromatic heterocycles. The summed E-state index contributed by atoms with van der Waals surface area (Å²) < 4.78 is 20.1. The Hall–Kier alpha value is -4.59. The normalized spacial score (nSPS) is 13.9. The SMILES string of the molecule is CCOC(=O)c1c(C)n(Cc2ccccc2)c2ccc(OCCCN3CCN(CCCOc4ccccc4-c4ccccc4)CC3)cc12. The molecule has 6 rings (SSSR count). The van der Waals surface area contributed by atoms with E-state index in [4.69, 9.17) is 14.2 Å². The third-order valence-corrected chi connectivity index (χ3v) is 9.16. The van der Waals surface area contributed by atoms with Crippen molar-refractivity contribution in [3.8, 4) is 22.6 Å². The molecule has 0 spiro atoms. The van der Waals surface area contributed by atoms with Crippen molar-refractivity contribution < 1.29 is 19.0 Å². The molecular formula is C41H47N3O4. The number of ether oxygens (including phenoxy) is 3. The molecule has 0 unspecified atom stereocenters. The minimum absolute atomic E-state index is 0.288. The topological polar surface area (TPSA) is 56.2 Å². The first-order valence-electron chi connectivity index (χ1n) is 17.3. The zero-order valence-electron chi connectivity index (χ0n) is 28.3. The number of carbonyl (C=O) groups excluding carboxylic acids is 1. The first-order valence-corrected chi connectivity index (χ1v) is 17.3. The van der Waals surface area contributed by atoms with Gasteiger partial charge in [0.1, 0.15) is 11.5 Å². The summed E-state index contributed by atoms with van der Waals surface area (Å²) in [6.07, 6.45) is 1.96. The number of nitrogens with zero attached hydrogens (tertiary/aromatic N) is 3. The maximum absolute atomic E-state index is 13.0. The van der Waals surface area contributed by atoms with Crippen LogP contribution in [-0.4, -0.2) is 79.4 Å². The molecule has 7 nitrogen and oxygen atoms in total. The Kier molecular flexibility index (Phi) is 11.4. The maximum atomic E-state index is 13.0. The van der Waals surface area contributed by atoms with Gasteiger partial charge in [-0.1, -0.05) is 78.9 Å². The van der Waals surface area contributed by atoms with Crippen molar-refractivity contribution in [3.05, 3.63) is 120 Å². The molecule has 0 amide bonds. The van der Waals surface area contributed by atoms with Crippen molar-refractivity contribution in [2.75, 3.05) is 59.1 Å². The molecular weight excluding hydrogens is 598 g/mol. The van der Waals surface area contributed by atoms with E-state index in [0.29, 0.717) is 31.9 Å². The van der Waals surface area contributed by atoms with Gasteiger partial charge >= 0.3 is 5.97 Å². The molecule has 0 bridgehead atoms. The fourth-order valence-electron chi connectivity index (χ4n) is 6.62. The van der Waals surface area contributed by atoms with Crippen LogP contribution < -0.4 is 9.47 Å². The predicted octanol–water partition coefficient (Wildman–Crippen LogP) is 7.70. The quantitative estimate of drug-likeness (QED) is 0.0860. The highest BCUT2D eigenvalue weighted by Gasteiger charge is 2.22. The molecule has 0 N–H and O–H groups in total. The van der Waals surface area contributed by atoms with Crippen LogP contribution in [0.15, 0.2) is 103 Å². The Labute approximate surface area is 284 Å². The third-order valence-electron chi connectivity index (χ3n) is 9.16. The Morgan fingerprint density at radius 2 is 1.35 bits per heavy atom. The van der Waals surface area contributed by atoms with Crippen LogP contribution in [0.2, 0.25) is 0 Å². The van der Waals surface area contributed by atoms with Gasteiger partial charge in [-0.15, -0.1) is 0 Å². The van der Waals surface area contributed by atoms with Gasteiger partial charge in [0.25, 0.3) is 0 Å². The number of hydrogen-bond donors (Lipinski definition) is 0. The van der Waals surface area contributed by atoms with Gasteiger partial charge in [-0.2, -0.15) is 0 Å². The predicted molar refractivity (Wildman–Crippen MR) is 193 cm³/mol. The molecule has 1 fully saturated rings. The Morgan fingerprint density at radius 3 is 2.04 bits per heavy atom. The van der Waals surface area contributed by atoms with E-state index in [0.717, 1.165) is 85.8 Å². The van der Waals surface area contributed by atoms with E-state index < -0.39 is 0 Å². The van der Waals surface area contributed by atoms with Crippen LogP contribution in [0, 0.1) is 6.92 Å². The van der Waals surface area contributed by atoms with Gasteiger partial charge in [-0.3, -0.25) is 0 Å². The van der Waals surface area contributed by atoms with Gasteiger partial charge < -0.3 is 28.6 Å². The molecule has 5 aromatic rings. The van der Waals surface area contributed by atoms with E-state index in [2.05, 4.69) is 75.0 Å². The lowest BCUT2D eigenvalue weighted by molar-refractivity contribution is 0.0527. The fourth-order valence-corrected chi connectivity index (χ4v) is 6.62. The molecule has 0 radical (unpaired) electrons. The molecule has 250 valence electrons. The number of benzene rings is 4. The molecule has 1 aliphatic rings. The second kappa shape index (κ2) is 16.5. The molecule has 1 saturated heterocycles. The zero-order valence-corrected chi connectivity index (χ0v) is 28.3. The van der Waals surface area contributed by atoms with Crippen molar-refractivity contribution in [2.45, 2.75) is 33.2 Å². The first-order chi connectivity index (χ1) is 23.6. The average Bonchev–Trinajstić information content (AvgIpc) is 3.40. The van der Waals surface area contributed by atoms with Crippen molar-refractivity contribution in [3.63, 3.8) is 0 Å². The highest BCUT2D eigenvalue weighted by atomic mass is 16.5. The van der Waals surface area contributed by atoms with Crippen LogP contribution in [0.4, 0.5) is 0 Å². The number of para-hydroxylation sites is 1. The molecule has 2 heterocycles. The van der Waals surface area contributed by atoms with Gasteiger partial charge in [-0.25, -0.2) is 4.79 Å². The van der Waals surface area contributed by atoms with Crippen molar-refractivity contribution >= 4 is 16.9 Å². The molecule has 0 saturated carbocycles. The lowest BCUT2D eigenvalue weighted by Crippen LogP contribution is -2.47. The van der Waals surface area contributed by atoms with Gasteiger partial charge in [-0.05, 0) is 62.1 Å². The van der Waals surface area contributed by atoms with E-state index in [-0.39, 0.29) is 5.97 Å². The fraction of sp³-hybridized carbons (Fsp3) is 0.341. The van der Waals surface area contributed by atoms with E-state index in [1.165, 1.54) is 11.1 Å². The molecule has 7 heteroatoms. The van der Waals surface area contributed by atoms with E-state index >= 15 is 0 Å². The monoisotopic (exact) mass is 645 g/mol. The summed E-state index contributed by atoms with van der Waals surface area (Å²) in [5.41, 5.74) is 6.05. The number of rotatable bonds is 15. The van der Waals surface area contributed by atoms with Crippen LogP contribution in [0.5, 0.6) is 11.5 Å². The van der Waals surface area contributed by atoms with E-state index in [9.17, 15) is 4.79 Å². The van der Waals surface area contributed by atoms with Crippen molar-refractivity contribution in [1.82, 2.24) is 14.4 Å². The smallest absolute Gasteiger partial charge is 0.340 e. The molecule has 0 aliphatic carbocycles. The Bertz CT molecular complexity index is 1760. The second-order valence-electron chi connectivity index (χ2n) is 12.4. The lowest BCUT2D eigenvalue weighted by Gasteiger charge is -2.34. The minimum atomic E-state index is -0.288. The molecule has 4 aromatic carbocycles. The van der Waals surface area contributed by atoms with Gasteiger partial charge in [0.05, 0.1) is 25.4 Å². The average molecular weight is 646 g/mol. The Balaban J connectivity index is 0.946. The summed E-state index contributed by atoms with van der Waals surface area (Å²) in [5.74, 6) is 1.44.